The number of hydrogen-bond donors (Lipinski definition) is 2. The average molecular weight is 306 g/mol. The number of carbonyl (C=O) groups excluding carboxylic acids is 1. The number of anilines is 1. The fourth-order valence-electron chi connectivity index (χ4n) is 2.94. The molecule has 1 saturated carbocycles. The summed E-state index contributed by atoms with van der Waals surface area (Å²) in [5, 5.41) is 15.6. The molecule has 1 fully saturated rings. The van der Waals surface area contributed by atoms with Crippen molar-refractivity contribution in [3.63, 3.8) is 0 Å². The molecule has 0 aromatic heterocycles. The van der Waals surface area contributed by atoms with Gasteiger partial charge < -0.3 is 10.6 Å². The second kappa shape index (κ2) is 6.93. The normalized spacial score (nSPS) is 17.0. The lowest BCUT2D eigenvalue weighted by Gasteiger charge is -2.36. The number of rotatable bonds is 4. The van der Waals surface area contributed by atoms with Crippen LogP contribution in [-0.4, -0.2) is 18.5 Å². The highest BCUT2D eigenvalue weighted by molar-refractivity contribution is 6.31. The molecule has 0 saturated heterocycles. The summed E-state index contributed by atoms with van der Waals surface area (Å²) in [6.07, 6.45) is 6.07. The zero-order chi connectivity index (χ0) is 15.3. The van der Waals surface area contributed by atoms with Crippen LogP contribution in [0.25, 0.3) is 0 Å². The van der Waals surface area contributed by atoms with Gasteiger partial charge in [-0.1, -0.05) is 30.9 Å². The molecule has 1 aromatic rings. The van der Waals surface area contributed by atoms with Crippen molar-refractivity contribution in [1.82, 2.24) is 5.32 Å². The van der Waals surface area contributed by atoms with Crippen LogP contribution in [0.15, 0.2) is 18.2 Å². The summed E-state index contributed by atoms with van der Waals surface area (Å²) in [6, 6.07) is 6.96. The standard InChI is InChI=1S/C16H20ClN3O/c1-19-16(7-3-2-4-8-16)10-15(21)20-13-5-6-14(17)12(9-13)11-18/h5-6,9,19H,2-4,7-8,10H2,1H3,(H,20,21). The summed E-state index contributed by atoms with van der Waals surface area (Å²) in [6.45, 7) is 0. The van der Waals surface area contributed by atoms with Gasteiger partial charge in [-0.05, 0) is 38.1 Å². The van der Waals surface area contributed by atoms with Crippen LogP contribution in [0.5, 0.6) is 0 Å². The molecule has 0 aliphatic heterocycles. The molecule has 0 atom stereocenters. The largest absolute Gasteiger partial charge is 0.326 e. The Bertz CT molecular complexity index is 559. The second-order valence-corrected chi connectivity index (χ2v) is 6.03. The lowest BCUT2D eigenvalue weighted by molar-refractivity contribution is -0.117. The van der Waals surface area contributed by atoms with Crippen molar-refractivity contribution in [2.75, 3.05) is 12.4 Å². The minimum absolute atomic E-state index is 0.0301. The summed E-state index contributed by atoms with van der Waals surface area (Å²) >= 11 is 5.89. The molecule has 0 radical (unpaired) electrons. The van der Waals surface area contributed by atoms with Crippen molar-refractivity contribution < 1.29 is 4.79 Å². The highest BCUT2D eigenvalue weighted by Crippen LogP contribution is 2.31. The van der Waals surface area contributed by atoms with Crippen LogP contribution >= 0.6 is 11.6 Å². The first-order valence-corrected chi connectivity index (χ1v) is 7.65. The number of amides is 1. The SMILES string of the molecule is CNC1(CC(=O)Nc2ccc(Cl)c(C#N)c2)CCCCC1. The fourth-order valence-corrected chi connectivity index (χ4v) is 3.10. The molecular formula is C16H20ClN3O. The van der Waals surface area contributed by atoms with E-state index in [2.05, 4.69) is 10.6 Å². The van der Waals surface area contributed by atoms with Crippen LogP contribution < -0.4 is 10.6 Å². The minimum atomic E-state index is -0.0905. The molecule has 2 N–H and O–H groups in total. The van der Waals surface area contributed by atoms with Crippen molar-refractivity contribution in [2.24, 2.45) is 0 Å². The fraction of sp³-hybridized carbons (Fsp3) is 0.500. The Labute approximate surface area is 130 Å². The molecule has 4 nitrogen and oxygen atoms in total. The Morgan fingerprint density at radius 3 is 2.71 bits per heavy atom. The number of nitrogens with zero attached hydrogens (tertiary/aromatic N) is 1. The Morgan fingerprint density at radius 1 is 1.38 bits per heavy atom. The Balaban J connectivity index is 2.03. The predicted molar refractivity (Wildman–Crippen MR) is 84.3 cm³/mol. The molecule has 0 bridgehead atoms. The van der Waals surface area contributed by atoms with Gasteiger partial charge in [-0.3, -0.25) is 4.79 Å². The Morgan fingerprint density at radius 2 is 2.10 bits per heavy atom. The van der Waals surface area contributed by atoms with Gasteiger partial charge in [-0.15, -0.1) is 0 Å². The lowest BCUT2D eigenvalue weighted by atomic mass is 9.79. The summed E-state index contributed by atoms with van der Waals surface area (Å²) in [5.74, 6) is -0.0301. The van der Waals surface area contributed by atoms with Gasteiger partial charge in [0.2, 0.25) is 5.91 Å². The van der Waals surface area contributed by atoms with Gasteiger partial charge in [0.15, 0.2) is 0 Å². The van der Waals surface area contributed by atoms with E-state index >= 15 is 0 Å². The van der Waals surface area contributed by atoms with Gasteiger partial charge in [-0.2, -0.15) is 5.26 Å². The van der Waals surface area contributed by atoms with E-state index in [1.807, 2.05) is 13.1 Å². The highest BCUT2D eigenvalue weighted by Gasteiger charge is 2.32. The first-order chi connectivity index (χ1) is 10.1. The summed E-state index contributed by atoms with van der Waals surface area (Å²) < 4.78 is 0. The van der Waals surface area contributed by atoms with Gasteiger partial charge >= 0.3 is 0 Å². The zero-order valence-electron chi connectivity index (χ0n) is 12.2. The molecule has 0 heterocycles. The molecule has 112 valence electrons. The third kappa shape index (κ3) is 3.96. The molecule has 0 spiro atoms. The maximum absolute atomic E-state index is 12.3. The number of nitrogens with one attached hydrogen (secondary N) is 2. The summed E-state index contributed by atoms with van der Waals surface area (Å²) in [7, 11) is 1.93. The van der Waals surface area contributed by atoms with Crippen LogP contribution in [0.2, 0.25) is 5.02 Å². The molecule has 1 aliphatic carbocycles. The number of benzene rings is 1. The van der Waals surface area contributed by atoms with Gasteiger partial charge in [0.05, 0.1) is 10.6 Å². The van der Waals surface area contributed by atoms with E-state index in [0.717, 1.165) is 25.7 Å². The smallest absolute Gasteiger partial charge is 0.226 e. The van der Waals surface area contributed by atoms with E-state index in [0.29, 0.717) is 22.7 Å². The molecular weight excluding hydrogens is 286 g/mol. The number of carbonyl (C=O) groups is 1. The van der Waals surface area contributed by atoms with E-state index in [9.17, 15) is 4.79 Å². The number of nitriles is 1. The van der Waals surface area contributed by atoms with Gasteiger partial charge in [0.25, 0.3) is 0 Å². The third-order valence-corrected chi connectivity index (χ3v) is 4.54. The van der Waals surface area contributed by atoms with Gasteiger partial charge in [0, 0.05) is 17.6 Å². The van der Waals surface area contributed by atoms with Gasteiger partial charge in [-0.25, -0.2) is 0 Å². The number of halogens is 1. The Kier molecular flexibility index (Phi) is 5.22. The van der Waals surface area contributed by atoms with Crippen LogP contribution in [0, 0.1) is 11.3 Å². The molecule has 1 amide bonds. The molecule has 0 unspecified atom stereocenters. The summed E-state index contributed by atoms with van der Waals surface area (Å²) in [5.41, 5.74) is 0.894. The summed E-state index contributed by atoms with van der Waals surface area (Å²) in [4.78, 5) is 12.3. The molecule has 2 rings (SSSR count). The zero-order valence-corrected chi connectivity index (χ0v) is 13.0. The molecule has 21 heavy (non-hydrogen) atoms. The van der Waals surface area contributed by atoms with Crippen LogP contribution in [0.4, 0.5) is 5.69 Å². The first kappa shape index (κ1) is 15.8. The van der Waals surface area contributed by atoms with Crippen LogP contribution in [-0.2, 0) is 4.79 Å². The van der Waals surface area contributed by atoms with Crippen LogP contribution in [0.1, 0.15) is 44.1 Å². The Hall–Kier alpha value is -1.57. The highest BCUT2D eigenvalue weighted by atomic mass is 35.5. The monoisotopic (exact) mass is 305 g/mol. The van der Waals surface area contributed by atoms with E-state index in [1.54, 1.807) is 18.2 Å². The topological polar surface area (TPSA) is 64.9 Å². The third-order valence-electron chi connectivity index (χ3n) is 4.21. The van der Waals surface area contributed by atoms with E-state index < -0.39 is 0 Å². The minimum Gasteiger partial charge on any atom is -0.326 e. The van der Waals surface area contributed by atoms with Crippen LogP contribution in [0.3, 0.4) is 0 Å². The van der Waals surface area contributed by atoms with E-state index in [1.165, 1.54) is 6.42 Å². The van der Waals surface area contributed by atoms with E-state index in [4.69, 9.17) is 16.9 Å². The lowest BCUT2D eigenvalue weighted by Crippen LogP contribution is -2.47. The molecule has 1 aliphatic rings. The quantitative estimate of drug-likeness (QED) is 0.895. The van der Waals surface area contributed by atoms with E-state index in [-0.39, 0.29) is 11.4 Å². The van der Waals surface area contributed by atoms with Crippen molar-refractivity contribution >= 4 is 23.2 Å². The second-order valence-electron chi connectivity index (χ2n) is 5.62. The average Bonchev–Trinajstić information content (AvgIpc) is 2.50. The van der Waals surface area contributed by atoms with Gasteiger partial charge in [0.1, 0.15) is 6.07 Å². The maximum Gasteiger partial charge on any atom is 0.226 e. The first-order valence-electron chi connectivity index (χ1n) is 7.27. The molecule has 5 heteroatoms. The maximum atomic E-state index is 12.3. The van der Waals surface area contributed by atoms with Crippen molar-refractivity contribution in [3.05, 3.63) is 28.8 Å². The predicted octanol–water partition coefficient (Wildman–Crippen LogP) is 3.46. The number of hydrogen-bond acceptors (Lipinski definition) is 3. The van der Waals surface area contributed by atoms with Crippen molar-refractivity contribution in [1.29, 1.82) is 5.26 Å². The van der Waals surface area contributed by atoms with Crippen molar-refractivity contribution in [2.45, 2.75) is 44.1 Å². The molecule has 1 aromatic carbocycles. The van der Waals surface area contributed by atoms with Crippen molar-refractivity contribution in [3.8, 4) is 6.07 Å².